The molecule has 3 atom stereocenters. The molecule has 3 heterocycles. The van der Waals surface area contributed by atoms with Crippen molar-refractivity contribution in [2.75, 3.05) is 18.0 Å². The second kappa shape index (κ2) is 7.51. The zero-order valence-corrected chi connectivity index (χ0v) is 15.7. The van der Waals surface area contributed by atoms with Gasteiger partial charge in [0.15, 0.2) is 5.16 Å². The van der Waals surface area contributed by atoms with E-state index in [1.165, 1.54) is 18.2 Å². The molecule has 2 aromatic rings. The molecule has 3 rings (SSSR count). The van der Waals surface area contributed by atoms with E-state index >= 15 is 0 Å². The smallest absolute Gasteiger partial charge is 0.230 e. The quantitative estimate of drug-likeness (QED) is 0.793. The first-order valence-corrected chi connectivity index (χ1v) is 9.48. The molecule has 1 amide bonds. The van der Waals surface area contributed by atoms with Gasteiger partial charge in [0.05, 0.1) is 18.1 Å². The molecule has 1 fully saturated rings. The lowest BCUT2D eigenvalue weighted by molar-refractivity contribution is -0.117. The van der Waals surface area contributed by atoms with E-state index in [0.717, 1.165) is 24.8 Å². The highest BCUT2D eigenvalue weighted by atomic mass is 32.2. The number of hydrogen-bond donors (Lipinski definition) is 1. The van der Waals surface area contributed by atoms with Gasteiger partial charge in [-0.3, -0.25) is 9.36 Å². The van der Waals surface area contributed by atoms with Gasteiger partial charge < -0.3 is 15.1 Å². The summed E-state index contributed by atoms with van der Waals surface area (Å²) in [5, 5.41) is 9.07. The van der Waals surface area contributed by atoms with E-state index in [0.29, 0.717) is 23.5 Å². The number of carbonyl (C=O) groups excluding carboxylic acids is 1. The van der Waals surface area contributed by atoms with Crippen LogP contribution in [0, 0.1) is 11.8 Å². The molecule has 0 radical (unpaired) electrons. The maximum absolute atomic E-state index is 11.4. The van der Waals surface area contributed by atoms with E-state index in [2.05, 4.69) is 28.9 Å². The van der Waals surface area contributed by atoms with E-state index in [1.54, 1.807) is 13.2 Å². The Morgan fingerprint density at radius 2 is 2.12 bits per heavy atom. The predicted octanol–water partition coefficient (Wildman–Crippen LogP) is 2.37. The van der Waals surface area contributed by atoms with Crippen molar-refractivity contribution in [3.63, 3.8) is 0 Å². The maximum Gasteiger partial charge on any atom is 0.230 e. The van der Waals surface area contributed by atoms with Gasteiger partial charge in [-0.1, -0.05) is 25.6 Å². The molecule has 0 aromatic carbocycles. The summed E-state index contributed by atoms with van der Waals surface area (Å²) in [6, 6.07) is 3.79. The van der Waals surface area contributed by atoms with E-state index in [1.807, 2.05) is 16.7 Å². The van der Waals surface area contributed by atoms with E-state index in [-0.39, 0.29) is 11.2 Å². The number of furan rings is 1. The molecule has 136 valence electrons. The van der Waals surface area contributed by atoms with Gasteiger partial charge in [0.1, 0.15) is 5.76 Å². The number of anilines is 1. The van der Waals surface area contributed by atoms with Crippen molar-refractivity contribution in [2.24, 2.45) is 17.6 Å². The summed E-state index contributed by atoms with van der Waals surface area (Å²) in [5.41, 5.74) is 5.41. The van der Waals surface area contributed by atoms with Crippen molar-refractivity contribution in [1.29, 1.82) is 0 Å². The average Bonchev–Trinajstić information content (AvgIpc) is 3.17. The summed E-state index contributed by atoms with van der Waals surface area (Å²) in [7, 11) is 0. The van der Waals surface area contributed by atoms with Gasteiger partial charge >= 0.3 is 0 Å². The molecule has 7 nitrogen and oxygen atoms in total. The Kier molecular flexibility index (Phi) is 5.36. The second-order valence-electron chi connectivity index (χ2n) is 6.96. The normalized spacial score (nSPS) is 22.1. The number of thioether (sulfide) groups is 1. The first-order chi connectivity index (χ1) is 11.9. The van der Waals surface area contributed by atoms with Gasteiger partial charge in [-0.15, -0.1) is 10.2 Å². The van der Waals surface area contributed by atoms with Crippen molar-refractivity contribution in [1.82, 2.24) is 14.8 Å². The molecule has 1 aliphatic rings. The summed E-state index contributed by atoms with van der Waals surface area (Å²) < 4.78 is 7.52. The van der Waals surface area contributed by atoms with Gasteiger partial charge in [0.25, 0.3) is 0 Å². The SMILES string of the molecule is C[C@@H]1C[C@@H](C)CN(c2nnc(S[C@H](C)C(N)=O)n2Cc2ccco2)C1. The summed E-state index contributed by atoms with van der Waals surface area (Å²) in [6.45, 7) is 8.75. The zero-order chi connectivity index (χ0) is 18.0. The molecule has 0 spiro atoms. The Bertz CT molecular complexity index is 705. The fourth-order valence-electron chi connectivity index (χ4n) is 3.34. The summed E-state index contributed by atoms with van der Waals surface area (Å²) in [4.78, 5) is 13.7. The van der Waals surface area contributed by atoms with Crippen molar-refractivity contribution >= 4 is 23.6 Å². The van der Waals surface area contributed by atoms with Crippen LogP contribution in [0.15, 0.2) is 28.0 Å². The summed E-state index contributed by atoms with van der Waals surface area (Å²) in [5.74, 6) is 2.51. The molecule has 25 heavy (non-hydrogen) atoms. The average molecular weight is 363 g/mol. The number of carbonyl (C=O) groups is 1. The fraction of sp³-hybridized carbons (Fsp3) is 0.588. The highest BCUT2D eigenvalue weighted by molar-refractivity contribution is 8.00. The van der Waals surface area contributed by atoms with Crippen LogP contribution >= 0.6 is 11.8 Å². The van der Waals surface area contributed by atoms with Crippen LogP contribution in [0.25, 0.3) is 0 Å². The molecule has 0 unspecified atom stereocenters. The third-order valence-corrected chi connectivity index (χ3v) is 5.52. The number of aromatic nitrogens is 3. The van der Waals surface area contributed by atoms with Crippen LogP contribution in [0.4, 0.5) is 5.95 Å². The Hall–Kier alpha value is -1.96. The maximum atomic E-state index is 11.4. The lowest BCUT2D eigenvalue weighted by Gasteiger charge is -2.35. The number of nitrogens with zero attached hydrogens (tertiary/aromatic N) is 4. The Balaban J connectivity index is 1.91. The fourth-order valence-corrected chi connectivity index (χ4v) is 4.14. The van der Waals surface area contributed by atoms with Gasteiger partial charge in [-0.2, -0.15) is 0 Å². The molecule has 1 aliphatic heterocycles. The van der Waals surface area contributed by atoms with Gasteiger partial charge in [0, 0.05) is 13.1 Å². The van der Waals surface area contributed by atoms with Crippen LogP contribution in [0.2, 0.25) is 0 Å². The summed E-state index contributed by atoms with van der Waals surface area (Å²) in [6.07, 6.45) is 2.88. The van der Waals surface area contributed by atoms with Crippen LogP contribution in [0.3, 0.4) is 0 Å². The molecule has 0 bridgehead atoms. The Morgan fingerprint density at radius 1 is 1.40 bits per heavy atom. The third kappa shape index (κ3) is 4.18. The molecular formula is C17H25N5O2S. The van der Waals surface area contributed by atoms with Crippen LogP contribution in [0.5, 0.6) is 0 Å². The molecule has 8 heteroatoms. The van der Waals surface area contributed by atoms with E-state index in [9.17, 15) is 4.79 Å². The van der Waals surface area contributed by atoms with Crippen LogP contribution < -0.4 is 10.6 Å². The molecule has 2 aromatic heterocycles. The van der Waals surface area contributed by atoms with Crippen LogP contribution in [-0.4, -0.2) is 39.0 Å². The monoisotopic (exact) mass is 363 g/mol. The van der Waals surface area contributed by atoms with Crippen LogP contribution in [0.1, 0.15) is 33.0 Å². The lowest BCUT2D eigenvalue weighted by Crippen LogP contribution is -2.40. The number of hydrogen-bond acceptors (Lipinski definition) is 6. The van der Waals surface area contributed by atoms with Crippen molar-refractivity contribution in [3.8, 4) is 0 Å². The number of primary amides is 1. The van der Waals surface area contributed by atoms with Crippen LogP contribution in [-0.2, 0) is 11.3 Å². The van der Waals surface area contributed by atoms with Gasteiger partial charge in [0.2, 0.25) is 11.9 Å². The van der Waals surface area contributed by atoms with E-state index in [4.69, 9.17) is 10.2 Å². The first-order valence-electron chi connectivity index (χ1n) is 8.60. The Morgan fingerprint density at radius 3 is 2.72 bits per heavy atom. The zero-order valence-electron chi connectivity index (χ0n) is 14.9. The standard InChI is InChI=1S/C17H25N5O2S/c1-11-7-12(2)9-21(8-11)16-19-20-17(25-13(3)15(18)23)22(16)10-14-5-4-6-24-14/h4-6,11-13H,7-10H2,1-3H3,(H2,18,23)/t11-,12-,13-/m1/s1. The van der Waals surface area contributed by atoms with Crippen molar-refractivity contribution < 1.29 is 9.21 Å². The highest BCUT2D eigenvalue weighted by Gasteiger charge is 2.28. The second-order valence-corrected chi connectivity index (χ2v) is 8.27. The first kappa shape index (κ1) is 17.8. The van der Waals surface area contributed by atoms with E-state index < -0.39 is 0 Å². The largest absolute Gasteiger partial charge is 0.467 e. The molecular weight excluding hydrogens is 338 g/mol. The minimum atomic E-state index is -0.369. The number of nitrogens with two attached hydrogens (primary N) is 1. The number of piperidine rings is 1. The van der Waals surface area contributed by atoms with Gasteiger partial charge in [-0.05, 0) is 37.3 Å². The molecule has 1 saturated heterocycles. The lowest BCUT2D eigenvalue weighted by atomic mass is 9.92. The minimum absolute atomic E-state index is 0.362. The molecule has 0 saturated carbocycles. The molecule has 2 N–H and O–H groups in total. The summed E-state index contributed by atoms with van der Waals surface area (Å²) >= 11 is 1.33. The number of rotatable bonds is 6. The van der Waals surface area contributed by atoms with Gasteiger partial charge in [-0.25, -0.2) is 0 Å². The predicted molar refractivity (Wildman–Crippen MR) is 97.5 cm³/mol. The molecule has 0 aliphatic carbocycles. The third-order valence-electron chi connectivity index (χ3n) is 4.43. The minimum Gasteiger partial charge on any atom is -0.467 e. The van der Waals surface area contributed by atoms with Crippen molar-refractivity contribution in [2.45, 2.75) is 44.1 Å². The van der Waals surface area contributed by atoms with Crippen molar-refractivity contribution in [3.05, 3.63) is 24.2 Å². The highest BCUT2D eigenvalue weighted by Crippen LogP contribution is 2.30. The Labute approximate surface area is 152 Å². The topological polar surface area (TPSA) is 90.2 Å². The number of amides is 1.